The number of halogens is 1. The van der Waals surface area contributed by atoms with Crippen LogP contribution in [-0.4, -0.2) is 32.7 Å². The van der Waals surface area contributed by atoms with Crippen LogP contribution in [0, 0.1) is 0 Å². The highest BCUT2D eigenvalue weighted by Gasteiger charge is 2.21. The Hall–Kier alpha value is -2.31. The van der Waals surface area contributed by atoms with Crippen molar-refractivity contribution in [1.82, 2.24) is 15.0 Å². The van der Waals surface area contributed by atoms with Crippen molar-refractivity contribution in [3.63, 3.8) is 0 Å². The lowest BCUT2D eigenvalue weighted by Crippen LogP contribution is -2.37. The Morgan fingerprint density at radius 3 is 2.52 bits per heavy atom. The molecule has 0 saturated carbocycles. The van der Waals surface area contributed by atoms with Crippen LogP contribution in [0.25, 0.3) is 11.4 Å². The zero-order valence-electron chi connectivity index (χ0n) is 15.1. The first-order chi connectivity index (χ1) is 13.0. The first-order valence-corrected chi connectivity index (χ1v) is 9.95. The van der Waals surface area contributed by atoms with Crippen LogP contribution in [0.1, 0.15) is 19.7 Å². The summed E-state index contributed by atoms with van der Waals surface area (Å²) in [6, 6.07) is 17.1. The summed E-state index contributed by atoms with van der Waals surface area (Å²) in [5.41, 5.74) is 0.816. The highest BCUT2D eigenvalue weighted by atomic mass is 35.5. The van der Waals surface area contributed by atoms with Gasteiger partial charge in [-0.2, -0.15) is 4.98 Å². The Morgan fingerprint density at radius 2 is 1.85 bits per heavy atom. The Kier molecular flexibility index (Phi) is 6.53. The Labute approximate surface area is 167 Å². The number of rotatable bonds is 7. The maximum absolute atomic E-state index is 12.7. The van der Waals surface area contributed by atoms with Crippen LogP contribution in [0.2, 0.25) is 5.02 Å². The van der Waals surface area contributed by atoms with Gasteiger partial charge in [0.25, 0.3) is 0 Å². The third kappa shape index (κ3) is 5.34. The minimum Gasteiger partial charge on any atom is -0.337 e. The topological polar surface area (TPSA) is 59.2 Å². The summed E-state index contributed by atoms with van der Waals surface area (Å²) in [7, 11) is 0. The van der Waals surface area contributed by atoms with Gasteiger partial charge in [0.05, 0.1) is 5.75 Å². The van der Waals surface area contributed by atoms with Crippen molar-refractivity contribution >= 4 is 29.3 Å². The summed E-state index contributed by atoms with van der Waals surface area (Å²) < 4.78 is 5.35. The summed E-state index contributed by atoms with van der Waals surface area (Å²) in [6.45, 7) is 4.23. The van der Waals surface area contributed by atoms with Gasteiger partial charge in [0, 0.05) is 21.5 Å². The second-order valence-electron chi connectivity index (χ2n) is 6.24. The van der Waals surface area contributed by atoms with Gasteiger partial charge in [0.1, 0.15) is 6.54 Å². The van der Waals surface area contributed by atoms with E-state index < -0.39 is 0 Å². The van der Waals surface area contributed by atoms with E-state index in [9.17, 15) is 4.79 Å². The molecule has 1 amide bonds. The molecule has 0 N–H and O–H groups in total. The minimum absolute atomic E-state index is 0.0276. The molecule has 3 aromatic rings. The van der Waals surface area contributed by atoms with Crippen molar-refractivity contribution in [2.24, 2.45) is 0 Å². The molecule has 0 bridgehead atoms. The monoisotopic (exact) mass is 401 g/mol. The molecule has 0 aliphatic carbocycles. The number of amides is 1. The van der Waals surface area contributed by atoms with E-state index in [4.69, 9.17) is 16.1 Å². The standard InChI is InChI=1S/C20H20ClN3O2S/c1-14(2)24(19(25)13-27-17-6-4-3-5-7-17)12-18-22-20(23-26-18)15-8-10-16(21)11-9-15/h3-11,14H,12-13H2,1-2H3. The van der Waals surface area contributed by atoms with Gasteiger partial charge in [-0.1, -0.05) is 35.0 Å². The molecule has 140 valence electrons. The van der Waals surface area contributed by atoms with E-state index in [-0.39, 0.29) is 18.5 Å². The first-order valence-electron chi connectivity index (χ1n) is 8.59. The fourth-order valence-electron chi connectivity index (χ4n) is 2.48. The zero-order chi connectivity index (χ0) is 19.2. The molecule has 0 aliphatic rings. The third-order valence-corrected chi connectivity index (χ3v) is 5.17. The Balaban J connectivity index is 1.65. The summed E-state index contributed by atoms with van der Waals surface area (Å²) in [5.74, 6) is 1.29. The average molecular weight is 402 g/mol. The molecule has 7 heteroatoms. The van der Waals surface area contributed by atoms with Gasteiger partial charge < -0.3 is 9.42 Å². The summed E-state index contributed by atoms with van der Waals surface area (Å²) in [6.07, 6.45) is 0. The molecule has 0 spiro atoms. The molecule has 5 nitrogen and oxygen atoms in total. The van der Waals surface area contributed by atoms with Crippen molar-refractivity contribution < 1.29 is 9.32 Å². The fraction of sp³-hybridized carbons (Fsp3) is 0.250. The fourth-order valence-corrected chi connectivity index (χ4v) is 3.42. The second kappa shape index (κ2) is 9.06. The number of hydrogen-bond acceptors (Lipinski definition) is 5. The SMILES string of the molecule is CC(C)N(Cc1nc(-c2ccc(Cl)cc2)no1)C(=O)CSc1ccccc1. The van der Waals surface area contributed by atoms with Gasteiger partial charge in [0.2, 0.25) is 17.6 Å². The lowest BCUT2D eigenvalue weighted by Gasteiger charge is -2.25. The van der Waals surface area contributed by atoms with E-state index in [1.807, 2.05) is 56.3 Å². The molecular formula is C20H20ClN3O2S. The summed E-state index contributed by atoms with van der Waals surface area (Å²) >= 11 is 7.42. The van der Waals surface area contributed by atoms with Crippen LogP contribution in [0.15, 0.2) is 64.0 Å². The number of carbonyl (C=O) groups excluding carboxylic acids is 1. The number of nitrogens with zero attached hydrogens (tertiary/aromatic N) is 3. The highest BCUT2D eigenvalue weighted by molar-refractivity contribution is 8.00. The summed E-state index contributed by atoms with van der Waals surface area (Å²) in [5, 5.41) is 4.66. The van der Waals surface area contributed by atoms with Gasteiger partial charge in [0.15, 0.2) is 0 Å². The molecule has 0 aliphatic heterocycles. The summed E-state index contributed by atoms with van der Waals surface area (Å²) in [4.78, 5) is 19.9. The highest BCUT2D eigenvalue weighted by Crippen LogP contribution is 2.21. The number of hydrogen-bond donors (Lipinski definition) is 0. The molecule has 0 saturated heterocycles. The van der Waals surface area contributed by atoms with E-state index in [2.05, 4.69) is 10.1 Å². The molecule has 0 radical (unpaired) electrons. The third-order valence-electron chi connectivity index (χ3n) is 3.93. The van der Waals surface area contributed by atoms with Gasteiger partial charge in [-0.15, -0.1) is 11.8 Å². The van der Waals surface area contributed by atoms with E-state index >= 15 is 0 Å². The quantitative estimate of drug-likeness (QED) is 0.526. The number of carbonyl (C=O) groups is 1. The normalized spacial score (nSPS) is 11.0. The van der Waals surface area contributed by atoms with Gasteiger partial charge in [-0.05, 0) is 50.2 Å². The molecule has 3 rings (SSSR count). The van der Waals surface area contributed by atoms with Crippen LogP contribution < -0.4 is 0 Å². The molecule has 2 aromatic carbocycles. The molecule has 1 aromatic heterocycles. The van der Waals surface area contributed by atoms with Crippen LogP contribution in [0.5, 0.6) is 0 Å². The minimum atomic E-state index is 0.0276. The van der Waals surface area contributed by atoms with E-state index in [0.29, 0.717) is 22.5 Å². The smallest absolute Gasteiger partial charge is 0.246 e. The van der Waals surface area contributed by atoms with Crippen LogP contribution in [0.3, 0.4) is 0 Å². The van der Waals surface area contributed by atoms with Crippen molar-refractivity contribution in [2.45, 2.75) is 31.3 Å². The number of aromatic nitrogens is 2. The maximum Gasteiger partial charge on any atom is 0.246 e. The van der Waals surface area contributed by atoms with Crippen molar-refractivity contribution in [1.29, 1.82) is 0 Å². The predicted octanol–water partition coefficient (Wildman–Crippen LogP) is 4.92. The molecule has 1 heterocycles. The molecule has 0 unspecified atom stereocenters. The lowest BCUT2D eigenvalue weighted by molar-refractivity contribution is -0.131. The maximum atomic E-state index is 12.7. The predicted molar refractivity (Wildman–Crippen MR) is 108 cm³/mol. The largest absolute Gasteiger partial charge is 0.337 e. The van der Waals surface area contributed by atoms with Crippen LogP contribution in [-0.2, 0) is 11.3 Å². The van der Waals surface area contributed by atoms with Crippen LogP contribution in [0.4, 0.5) is 0 Å². The van der Waals surface area contributed by atoms with Gasteiger partial charge in [-0.3, -0.25) is 4.79 Å². The van der Waals surface area contributed by atoms with E-state index in [1.165, 1.54) is 11.8 Å². The Morgan fingerprint density at radius 1 is 1.15 bits per heavy atom. The second-order valence-corrected chi connectivity index (χ2v) is 7.72. The number of benzene rings is 2. The van der Waals surface area contributed by atoms with Crippen LogP contribution >= 0.6 is 23.4 Å². The lowest BCUT2D eigenvalue weighted by atomic mass is 10.2. The molecule has 0 atom stereocenters. The van der Waals surface area contributed by atoms with Crippen molar-refractivity contribution in [2.75, 3.05) is 5.75 Å². The number of thioether (sulfide) groups is 1. The van der Waals surface area contributed by atoms with E-state index in [1.54, 1.807) is 17.0 Å². The molecule has 0 fully saturated rings. The average Bonchev–Trinajstić information content (AvgIpc) is 3.14. The molecular weight excluding hydrogens is 382 g/mol. The zero-order valence-corrected chi connectivity index (χ0v) is 16.7. The van der Waals surface area contributed by atoms with Crippen molar-refractivity contribution in [3.8, 4) is 11.4 Å². The first kappa shape index (κ1) is 19.5. The molecule has 27 heavy (non-hydrogen) atoms. The van der Waals surface area contributed by atoms with Gasteiger partial charge >= 0.3 is 0 Å². The Bertz CT molecular complexity index is 882. The van der Waals surface area contributed by atoms with Crippen molar-refractivity contribution in [3.05, 3.63) is 65.5 Å². The van der Waals surface area contributed by atoms with Gasteiger partial charge in [-0.25, -0.2) is 0 Å². The van der Waals surface area contributed by atoms with E-state index in [0.717, 1.165) is 10.5 Å².